The molecule has 1 aliphatic heterocycles. The van der Waals surface area contributed by atoms with Crippen LogP contribution in [0.15, 0.2) is 4.99 Å². The highest BCUT2D eigenvalue weighted by atomic mass is 127. The fourth-order valence-corrected chi connectivity index (χ4v) is 2.82. The number of aliphatic imine (C=N–C) groups is 1. The Labute approximate surface area is 127 Å². The van der Waals surface area contributed by atoms with Gasteiger partial charge in [0.25, 0.3) is 0 Å². The summed E-state index contributed by atoms with van der Waals surface area (Å²) in [7, 11) is 0. The molecule has 0 bridgehead atoms. The second-order valence-corrected chi connectivity index (χ2v) is 5.51. The predicted molar refractivity (Wildman–Crippen MR) is 85.4 cm³/mol. The number of piperidine rings is 1. The highest BCUT2D eigenvalue weighted by Gasteiger charge is 2.29. The van der Waals surface area contributed by atoms with Gasteiger partial charge >= 0.3 is 0 Å². The maximum atomic E-state index is 10.3. The number of aliphatic hydroxyl groups is 1. The van der Waals surface area contributed by atoms with E-state index in [1.807, 2.05) is 0 Å². The van der Waals surface area contributed by atoms with Crippen molar-refractivity contribution in [1.82, 2.24) is 4.90 Å². The summed E-state index contributed by atoms with van der Waals surface area (Å²) in [5, 5.41) is 10.3. The van der Waals surface area contributed by atoms with Crippen molar-refractivity contribution in [2.45, 2.75) is 57.0 Å². The van der Waals surface area contributed by atoms with Crippen molar-refractivity contribution in [1.29, 1.82) is 0 Å². The van der Waals surface area contributed by atoms with Gasteiger partial charge in [-0.1, -0.05) is 19.3 Å². The van der Waals surface area contributed by atoms with E-state index in [2.05, 4.69) is 9.89 Å². The zero-order valence-electron chi connectivity index (χ0n) is 11.1. The molecule has 2 fully saturated rings. The van der Waals surface area contributed by atoms with Crippen LogP contribution in [0.25, 0.3) is 0 Å². The van der Waals surface area contributed by atoms with Crippen molar-refractivity contribution in [3.63, 3.8) is 0 Å². The van der Waals surface area contributed by atoms with Gasteiger partial charge in [-0.15, -0.1) is 24.0 Å². The van der Waals surface area contributed by atoms with E-state index in [0.717, 1.165) is 38.8 Å². The van der Waals surface area contributed by atoms with Gasteiger partial charge in [0.15, 0.2) is 5.96 Å². The van der Waals surface area contributed by atoms with Gasteiger partial charge in [0.2, 0.25) is 0 Å². The Morgan fingerprint density at radius 1 is 1.06 bits per heavy atom. The first kappa shape index (κ1) is 16.0. The normalized spacial score (nSPS) is 24.5. The molecule has 1 aliphatic carbocycles. The topological polar surface area (TPSA) is 61.9 Å². The Morgan fingerprint density at radius 2 is 1.61 bits per heavy atom. The predicted octanol–water partition coefficient (Wildman–Crippen LogP) is 2.10. The number of rotatable bonds is 2. The summed E-state index contributed by atoms with van der Waals surface area (Å²) < 4.78 is 0. The van der Waals surface area contributed by atoms with Crippen LogP contribution in [0, 0.1) is 0 Å². The molecule has 2 aliphatic rings. The summed E-state index contributed by atoms with van der Waals surface area (Å²) in [5.74, 6) is 0.628. The lowest BCUT2D eigenvalue weighted by molar-refractivity contribution is 0.0130. The van der Waals surface area contributed by atoms with Crippen LogP contribution in [0.4, 0.5) is 0 Å². The van der Waals surface area contributed by atoms with Crippen molar-refractivity contribution in [2.24, 2.45) is 10.7 Å². The van der Waals surface area contributed by atoms with Crippen molar-refractivity contribution in [2.75, 3.05) is 19.6 Å². The van der Waals surface area contributed by atoms with Gasteiger partial charge in [-0.3, -0.25) is 4.99 Å². The van der Waals surface area contributed by atoms with Crippen LogP contribution in [0.3, 0.4) is 0 Å². The standard InChI is InChI=1S/C13H25N3O.HI/c14-12(16-9-5-2-6-10-16)15-11-13(17)7-3-1-4-8-13;/h17H,1-11H2,(H2,14,15);1H. The number of hydrogen-bond donors (Lipinski definition) is 2. The van der Waals surface area contributed by atoms with Crippen LogP contribution in [0.5, 0.6) is 0 Å². The molecule has 0 unspecified atom stereocenters. The van der Waals surface area contributed by atoms with Gasteiger partial charge in [0, 0.05) is 13.1 Å². The first-order chi connectivity index (χ1) is 8.20. The minimum absolute atomic E-state index is 0. The molecule has 0 amide bonds. The average Bonchev–Trinajstić information content (AvgIpc) is 2.38. The molecular formula is C13H26IN3O. The minimum Gasteiger partial charge on any atom is -0.388 e. The highest BCUT2D eigenvalue weighted by Crippen LogP contribution is 2.28. The minimum atomic E-state index is -0.585. The van der Waals surface area contributed by atoms with E-state index >= 15 is 0 Å². The summed E-state index contributed by atoms with van der Waals surface area (Å²) >= 11 is 0. The first-order valence-electron chi connectivity index (χ1n) is 6.97. The van der Waals surface area contributed by atoms with E-state index in [-0.39, 0.29) is 24.0 Å². The molecule has 2 rings (SSSR count). The van der Waals surface area contributed by atoms with Crippen molar-refractivity contribution in [3.05, 3.63) is 0 Å². The van der Waals surface area contributed by atoms with Crippen molar-refractivity contribution >= 4 is 29.9 Å². The monoisotopic (exact) mass is 367 g/mol. The molecule has 0 aromatic heterocycles. The summed E-state index contributed by atoms with van der Waals surface area (Å²) in [4.78, 5) is 6.56. The lowest BCUT2D eigenvalue weighted by Gasteiger charge is -2.32. The third kappa shape index (κ3) is 4.57. The number of likely N-dealkylation sites (tertiary alicyclic amines) is 1. The largest absolute Gasteiger partial charge is 0.388 e. The SMILES string of the molecule is I.NC(=NCC1(O)CCCCC1)N1CCCCC1. The van der Waals surface area contributed by atoms with E-state index < -0.39 is 5.60 Å². The highest BCUT2D eigenvalue weighted by molar-refractivity contribution is 14.0. The first-order valence-corrected chi connectivity index (χ1v) is 6.97. The van der Waals surface area contributed by atoms with E-state index in [1.165, 1.54) is 25.7 Å². The summed E-state index contributed by atoms with van der Waals surface area (Å²) in [6.45, 7) is 2.52. The molecule has 5 heteroatoms. The zero-order valence-corrected chi connectivity index (χ0v) is 13.4. The molecule has 0 aromatic carbocycles. The summed E-state index contributed by atoms with van der Waals surface area (Å²) in [6, 6.07) is 0. The number of nitrogens with two attached hydrogens (primary N) is 1. The van der Waals surface area contributed by atoms with E-state index in [1.54, 1.807) is 0 Å². The zero-order chi connectivity index (χ0) is 12.1. The van der Waals surface area contributed by atoms with E-state index in [9.17, 15) is 5.11 Å². The summed E-state index contributed by atoms with van der Waals surface area (Å²) in [6.07, 6.45) is 8.96. The van der Waals surface area contributed by atoms with Gasteiger partial charge in [0.1, 0.15) is 0 Å². The van der Waals surface area contributed by atoms with E-state index in [4.69, 9.17) is 5.73 Å². The molecule has 1 saturated carbocycles. The fraction of sp³-hybridized carbons (Fsp3) is 0.923. The van der Waals surface area contributed by atoms with Crippen molar-refractivity contribution in [3.8, 4) is 0 Å². The maximum absolute atomic E-state index is 10.3. The molecule has 106 valence electrons. The van der Waals surface area contributed by atoms with Crippen LogP contribution < -0.4 is 5.73 Å². The maximum Gasteiger partial charge on any atom is 0.191 e. The van der Waals surface area contributed by atoms with E-state index in [0.29, 0.717) is 12.5 Å². The van der Waals surface area contributed by atoms with Gasteiger partial charge in [0.05, 0.1) is 12.1 Å². The second kappa shape index (κ2) is 7.53. The average molecular weight is 367 g/mol. The Morgan fingerprint density at radius 3 is 2.22 bits per heavy atom. The number of halogens is 1. The van der Waals surface area contributed by atoms with Crippen LogP contribution in [0.1, 0.15) is 51.4 Å². The quantitative estimate of drug-likeness (QED) is 0.446. The van der Waals surface area contributed by atoms with Crippen LogP contribution in [0.2, 0.25) is 0 Å². The van der Waals surface area contributed by atoms with Crippen LogP contribution in [-0.2, 0) is 0 Å². The fourth-order valence-electron chi connectivity index (χ4n) is 2.82. The van der Waals surface area contributed by atoms with Gasteiger partial charge in [-0.2, -0.15) is 0 Å². The van der Waals surface area contributed by atoms with Crippen LogP contribution >= 0.6 is 24.0 Å². The third-order valence-electron chi connectivity index (χ3n) is 4.00. The van der Waals surface area contributed by atoms with Crippen LogP contribution in [-0.4, -0.2) is 41.2 Å². The molecule has 0 atom stereocenters. The molecule has 1 saturated heterocycles. The Balaban J connectivity index is 0.00000162. The van der Waals surface area contributed by atoms with Gasteiger partial charge in [-0.25, -0.2) is 0 Å². The molecular weight excluding hydrogens is 341 g/mol. The second-order valence-electron chi connectivity index (χ2n) is 5.51. The number of guanidine groups is 1. The molecule has 18 heavy (non-hydrogen) atoms. The Hall–Kier alpha value is -0.0400. The molecule has 0 spiro atoms. The Kier molecular flexibility index (Phi) is 6.70. The van der Waals surface area contributed by atoms with Gasteiger partial charge < -0.3 is 15.7 Å². The molecule has 0 aromatic rings. The molecule has 4 nitrogen and oxygen atoms in total. The number of nitrogens with zero attached hydrogens (tertiary/aromatic N) is 2. The summed E-state index contributed by atoms with van der Waals surface area (Å²) in [5.41, 5.74) is 5.40. The van der Waals surface area contributed by atoms with Gasteiger partial charge in [-0.05, 0) is 32.1 Å². The number of hydrogen-bond acceptors (Lipinski definition) is 2. The third-order valence-corrected chi connectivity index (χ3v) is 4.00. The lowest BCUT2D eigenvalue weighted by atomic mass is 9.85. The smallest absolute Gasteiger partial charge is 0.191 e. The lowest BCUT2D eigenvalue weighted by Crippen LogP contribution is -2.42. The van der Waals surface area contributed by atoms with Crippen molar-refractivity contribution < 1.29 is 5.11 Å². The molecule has 0 radical (unpaired) electrons. The molecule has 1 heterocycles. The molecule has 3 N–H and O–H groups in total. The Bertz CT molecular complexity index is 271.